The lowest BCUT2D eigenvalue weighted by atomic mass is 10.1. The van der Waals surface area contributed by atoms with E-state index < -0.39 is 16.8 Å². The number of non-ortho nitro benzene ring substituents is 1. The Morgan fingerprint density at radius 3 is 2.25 bits per heavy atom. The minimum Gasteiger partial charge on any atom is -0.424 e. The summed E-state index contributed by atoms with van der Waals surface area (Å²) in [5.74, 6) is -0.893. The third-order valence-corrected chi connectivity index (χ3v) is 4.46. The summed E-state index contributed by atoms with van der Waals surface area (Å²) >= 11 is 6.55. The number of halogens is 2. The highest BCUT2D eigenvalue weighted by Crippen LogP contribution is 2.35. The molecule has 10 heteroatoms. The van der Waals surface area contributed by atoms with Gasteiger partial charge in [-0.05, 0) is 67.8 Å². The van der Waals surface area contributed by atoms with E-state index in [1.165, 1.54) is 37.3 Å². The molecule has 0 saturated carbocycles. The molecule has 0 fully saturated rings. The number of nitro groups is 1. The van der Waals surface area contributed by atoms with Crippen LogP contribution in [-0.2, 0) is 9.59 Å². The van der Waals surface area contributed by atoms with Crippen LogP contribution in [0, 0.1) is 21.4 Å². The summed E-state index contributed by atoms with van der Waals surface area (Å²) in [6, 6.07) is 10.2. The first-order valence-electron chi connectivity index (χ1n) is 7.56. The predicted molar refractivity (Wildman–Crippen MR) is 108 cm³/mol. The van der Waals surface area contributed by atoms with E-state index in [-0.39, 0.29) is 17.0 Å². The van der Waals surface area contributed by atoms with Gasteiger partial charge in [-0.2, -0.15) is 5.26 Å². The number of amides is 1. The molecule has 0 unspecified atom stereocenters. The van der Waals surface area contributed by atoms with Crippen LogP contribution in [0.25, 0.3) is 6.08 Å². The van der Waals surface area contributed by atoms with Gasteiger partial charge >= 0.3 is 5.97 Å². The number of hydrogen-bond acceptors (Lipinski definition) is 6. The summed E-state index contributed by atoms with van der Waals surface area (Å²) in [7, 11) is 0. The molecule has 8 nitrogen and oxygen atoms in total. The van der Waals surface area contributed by atoms with Crippen molar-refractivity contribution in [3.8, 4) is 11.8 Å². The molecule has 0 aromatic heterocycles. The highest BCUT2D eigenvalue weighted by atomic mass is 79.9. The molecule has 0 aliphatic heterocycles. The number of esters is 1. The summed E-state index contributed by atoms with van der Waals surface area (Å²) in [6.07, 6.45) is 1.35. The summed E-state index contributed by atoms with van der Waals surface area (Å²) in [4.78, 5) is 33.6. The molecule has 28 heavy (non-hydrogen) atoms. The molecule has 0 saturated heterocycles. The first kappa shape index (κ1) is 21.3. The van der Waals surface area contributed by atoms with Crippen LogP contribution < -0.4 is 10.1 Å². The minimum atomic E-state index is -0.673. The third-order valence-electron chi connectivity index (χ3n) is 3.28. The van der Waals surface area contributed by atoms with Gasteiger partial charge in [0.05, 0.1) is 13.9 Å². The quantitative estimate of drug-likeness (QED) is 0.157. The molecule has 142 valence electrons. The second-order valence-electron chi connectivity index (χ2n) is 5.34. The van der Waals surface area contributed by atoms with E-state index in [0.717, 1.165) is 0 Å². The van der Waals surface area contributed by atoms with Gasteiger partial charge in [0.15, 0.2) is 5.75 Å². The van der Waals surface area contributed by atoms with Gasteiger partial charge in [-0.3, -0.25) is 19.7 Å². The van der Waals surface area contributed by atoms with Gasteiger partial charge in [-0.1, -0.05) is 0 Å². The maximum absolute atomic E-state index is 12.3. The number of nitrogens with zero attached hydrogens (tertiary/aromatic N) is 2. The van der Waals surface area contributed by atoms with Gasteiger partial charge < -0.3 is 10.1 Å². The standard InChI is InChI=1S/C18H11Br2N3O5/c1-10(24)28-17-15(19)7-11(8-16(17)20)6-12(9-21)18(25)22-13-2-4-14(5-3-13)23(26)27/h2-8H,1H3,(H,22,25)/b12-6+. The van der Waals surface area contributed by atoms with Gasteiger partial charge in [0.1, 0.15) is 11.6 Å². The third kappa shape index (κ3) is 5.48. The Labute approximate surface area is 176 Å². The van der Waals surface area contributed by atoms with E-state index >= 15 is 0 Å². The highest BCUT2D eigenvalue weighted by molar-refractivity contribution is 9.11. The van der Waals surface area contributed by atoms with Crippen molar-refractivity contribution >= 4 is 61.2 Å². The first-order valence-corrected chi connectivity index (χ1v) is 9.15. The molecule has 0 radical (unpaired) electrons. The van der Waals surface area contributed by atoms with Crippen molar-refractivity contribution in [1.82, 2.24) is 0 Å². The van der Waals surface area contributed by atoms with Crippen molar-refractivity contribution in [2.75, 3.05) is 5.32 Å². The monoisotopic (exact) mass is 507 g/mol. The largest absolute Gasteiger partial charge is 0.424 e. The Balaban J connectivity index is 2.25. The fourth-order valence-corrected chi connectivity index (χ4v) is 3.47. The van der Waals surface area contributed by atoms with Crippen LogP contribution in [0.3, 0.4) is 0 Å². The number of ether oxygens (including phenoxy) is 1. The van der Waals surface area contributed by atoms with Crippen LogP contribution in [0.5, 0.6) is 5.75 Å². The summed E-state index contributed by atoms with van der Waals surface area (Å²) < 4.78 is 5.98. The second kappa shape index (κ2) is 9.25. The van der Waals surface area contributed by atoms with E-state index in [9.17, 15) is 25.0 Å². The molecule has 1 N–H and O–H groups in total. The number of carbonyl (C=O) groups excluding carboxylic acids is 2. The van der Waals surface area contributed by atoms with Crippen LogP contribution in [0.1, 0.15) is 12.5 Å². The topological polar surface area (TPSA) is 122 Å². The van der Waals surface area contributed by atoms with Crippen LogP contribution in [0.2, 0.25) is 0 Å². The van der Waals surface area contributed by atoms with E-state index in [1.54, 1.807) is 12.1 Å². The summed E-state index contributed by atoms with van der Waals surface area (Å²) in [5.41, 5.74) is 0.517. The highest BCUT2D eigenvalue weighted by Gasteiger charge is 2.14. The Morgan fingerprint density at radius 1 is 1.21 bits per heavy atom. The van der Waals surface area contributed by atoms with Gasteiger partial charge in [0.2, 0.25) is 0 Å². The number of nitrogens with one attached hydrogen (secondary N) is 1. The Hall–Kier alpha value is -3.03. The number of anilines is 1. The summed E-state index contributed by atoms with van der Waals surface area (Å²) in [5, 5.41) is 22.5. The number of benzene rings is 2. The number of rotatable bonds is 5. The van der Waals surface area contributed by atoms with E-state index in [2.05, 4.69) is 37.2 Å². The van der Waals surface area contributed by atoms with Gasteiger partial charge in [0, 0.05) is 24.7 Å². The zero-order valence-corrected chi connectivity index (χ0v) is 17.4. The van der Waals surface area contributed by atoms with Crippen molar-refractivity contribution in [2.24, 2.45) is 0 Å². The predicted octanol–water partition coefficient (Wildman–Crippen LogP) is 4.59. The average molecular weight is 509 g/mol. The molecular weight excluding hydrogens is 498 g/mol. The molecule has 2 aromatic carbocycles. The van der Waals surface area contributed by atoms with E-state index in [1.807, 2.05) is 6.07 Å². The number of nitriles is 1. The fourth-order valence-electron chi connectivity index (χ4n) is 2.08. The number of nitro benzene ring substituents is 1. The SMILES string of the molecule is CC(=O)Oc1c(Br)cc(/C=C(\C#N)C(=O)Nc2ccc([N+](=O)[O-])cc2)cc1Br. The van der Waals surface area contributed by atoms with Crippen LogP contribution in [0.15, 0.2) is 50.9 Å². The van der Waals surface area contributed by atoms with E-state index in [0.29, 0.717) is 20.2 Å². The van der Waals surface area contributed by atoms with Gasteiger partial charge in [-0.15, -0.1) is 0 Å². The molecule has 0 bridgehead atoms. The maximum Gasteiger partial charge on any atom is 0.308 e. The Kier molecular flexibility index (Phi) is 7.03. The molecule has 0 heterocycles. The van der Waals surface area contributed by atoms with Crippen molar-refractivity contribution < 1.29 is 19.2 Å². The van der Waals surface area contributed by atoms with Gasteiger partial charge in [-0.25, -0.2) is 0 Å². The lowest BCUT2D eigenvalue weighted by molar-refractivity contribution is -0.384. The Bertz CT molecular complexity index is 1000. The fraction of sp³-hybridized carbons (Fsp3) is 0.0556. The lowest BCUT2D eigenvalue weighted by Gasteiger charge is -2.08. The zero-order valence-electron chi connectivity index (χ0n) is 14.2. The molecule has 2 rings (SSSR count). The first-order chi connectivity index (χ1) is 13.2. The summed E-state index contributed by atoms with van der Waals surface area (Å²) in [6.45, 7) is 1.27. The normalized spacial score (nSPS) is 10.7. The molecule has 0 aliphatic rings. The molecular formula is C18H11Br2N3O5. The van der Waals surface area contributed by atoms with Crippen LogP contribution in [0.4, 0.5) is 11.4 Å². The second-order valence-corrected chi connectivity index (χ2v) is 7.04. The zero-order chi connectivity index (χ0) is 20.8. The van der Waals surface area contributed by atoms with E-state index in [4.69, 9.17) is 4.74 Å². The number of hydrogen-bond donors (Lipinski definition) is 1. The maximum atomic E-state index is 12.3. The van der Waals surface area contributed by atoms with Gasteiger partial charge in [0.25, 0.3) is 11.6 Å². The molecule has 0 atom stereocenters. The smallest absolute Gasteiger partial charge is 0.308 e. The minimum absolute atomic E-state index is 0.114. The molecule has 2 aromatic rings. The molecule has 0 spiro atoms. The molecule has 1 amide bonds. The molecule has 0 aliphatic carbocycles. The van der Waals surface area contributed by atoms with Crippen molar-refractivity contribution in [3.63, 3.8) is 0 Å². The van der Waals surface area contributed by atoms with Crippen molar-refractivity contribution in [2.45, 2.75) is 6.92 Å². The average Bonchev–Trinajstić information content (AvgIpc) is 2.63. The van der Waals surface area contributed by atoms with Crippen molar-refractivity contribution in [3.05, 3.63) is 66.6 Å². The Morgan fingerprint density at radius 2 is 1.79 bits per heavy atom. The van der Waals surface area contributed by atoms with Crippen molar-refractivity contribution in [1.29, 1.82) is 5.26 Å². The lowest BCUT2D eigenvalue weighted by Crippen LogP contribution is -2.13. The van der Waals surface area contributed by atoms with Crippen LogP contribution in [-0.4, -0.2) is 16.8 Å². The number of carbonyl (C=O) groups is 2. The van der Waals surface area contributed by atoms with Crippen LogP contribution >= 0.6 is 31.9 Å².